The second-order valence-corrected chi connectivity index (χ2v) is 5.26. The number of rotatable bonds is 5. The lowest BCUT2D eigenvalue weighted by molar-refractivity contribution is 0.571. The van der Waals surface area contributed by atoms with Gasteiger partial charge in [-0.2, -0.15) is 0 Å². The van der Waals surface area contributed by atoms with Gasteiger partial charge in [0.25, 0.3) is 0 Å². The highest BCUT2D eigenvalue weighted by atomic mass is 16.3. The zero-order valence-electron chi connectivity index (χ0n) is 16.7. The van der Waals surface area contributed by atoms with Gasteiger partial charge in [0.15, 0.2) is 12.2 Å². The molecule has 25 heavy (non-hydrogen) atoms. The molecule has 0 spiro atoms. The summed E-state index contributed by atoms with van der Waals surface area (Å²) in [7, 11) is 0. The van der Waals surface area contributed by atoms with Gasteiger partial charge in [0.1, 0.15) is 5.82 Å². The zero-order chi connectivity index (χ0) is 18.7. The first-order chi connectivity index (χ1) is 12.3. The Morgan fingerprint density at radius 3 is 2.40 bits per heavy atom. The van der Waals surface area contributed by atoms with E-state index in [1.54, 1.807) is 6.20 Å². The van der Waals surface area contributed by atoms with Gasteiger partial charge in [-0.1, -0.05) is 46.8 Å². The van der Waals surface area contributed by atoms with Crippen molar-refractivity contribution in [2.75, 3.05) is 18.0 Å². The van der Waals surface area contributed by atoms with Crippen LogP contribution in [0.15, 0.2) is 23.1 Å². The van der Waals surface area contributed by atoms with Crippen LogP contribution in [0.3, 0.4) is 0 Å². The normalized spacial score (nSPS) is 11.6. The molecule has 0 fully saturated rings. The second-order valence-electron chi connectivity index (χ2n) is 5.26. The first-order valence-electron chi connectivity index (χ1n) is 9.68. The van der Waals surface area contributed by atoms with Crippen molar-refractivity contribution in [2.45, 2.75) is 60.8 Å². The Labute approximate surface area is 152 Å². The molecule has 138 valence electrons. The third-order valence-electron chi connectivity index (χ3n) is 3.82. The third kappa shape index (κ3) is 5.18. The van der Waals surface area contributed by atoms with Gasteiger partial charge in [-0.25, -0.2) is 9.97 Å². The van der Waals surface area contributed by atoms with E-state index in [9.17, 15) is 0 Å². The van der Waals surface area contributed by atoms with Crippen molar-refractivity contribution in [3.05, 3.63) is 29.2 Å². The summed E-state index contributed by atoms with van der Waals surface area (Å²) in [4.78, 5) is 11.2. The van der Waals surface area contributed by atoms with Gasteiger partial charge < -0.3 is 9.32 Å². The van der Waals surface area contributed by atoms with Crippen LogP contribution >= 0.6 is 0 Å². The van der Waals surface area contributed by atoms with Crippen molar-refractivity contribution in [2.24, 2.45) is 0 Å². The number of pyridine rings is 1. The predicted octanol–water partition coefficient (Wildman–Crippen LogP) is 4.38. The minimum absolute atomic E-state index is 0.814. The summed E-state index contributed by atoms with van der Waals surface area (Å²) < 4.78 is 5.52. The van der Waals surface area contributed by atoms with E-state index in [1.807, 2.05) is 27.7 Å². The van der Waals surface area contributed by atoms with E-state index in [1.165, 1.54) is 11.6 Å². The van der Waals surface area contributed by atoms with Crippen molar-refractivity contribution in [1.82, 2.24) is 9.97 Å². The van der Waals surface area contributed by atoms with E-state index in [0.717, 1.165) is 54.8 Å². The van der Waals surface area contributed by atoms with E-state index in [0.29, 0.717) is 0 Å². The quantitative estimate of drug-likeness (QED) is 0.808. The molecule has 4 nitrogen and oxygen atoms in total. The number of fused-ring (bicyclic) bond motifs is 1. The Morgan fingerprint density at radius 2 is 1.80 bits per heavy atom. The Kier molecular flexibility index (Phi) is 9.60. The summed E-state index contributed by atoms with van der Waals surface area (Å²) in [6.45, 7) is 14.3. The van der Waals surface area contributed by atoms with Crippen molar-refractivity contribution < 1.29 is 4.42 Å². The van der Waals surface area contributed by atoms with E-state index in [-0.39, 0.29) is 0 Å². The monoisotopic (exact) mass is 343 g/mol. The molecule has 0 bridgehead atoms. The molecule has 0 unspecified atom stereocenters. The summed E-state index contributed by atoms with van der Waals surface area (Å²) in [5.74, 6) is 1.84. The highest BCUT2D eigenvalue weighted by Gasteiger charge is 2.13. The van der Waals surface area contributed by atoms with Crippen LogP contribution in [0.5, 0.6) is 0 Å². The van der Waals surface area contributed by atoms with Gasteiger partial charge in [0, 0.05) is 23.9 Å². The molecule has 2 heterocycles. The highest BCUT2D eigenvalue weighted by Crippen LogP contribution is 2.19. The summed E-state index contributed by atoms with van der Waals surface area (Å²) in [6.07, 6.45) is 11.0. The summed E-state index contributed by atoms with van der Waals surface area (Å²) in [5, 5.41) is 2.24. The number of hydrogen-bond acceptors (Lipinski definition) is 4. The molecular formula is C21H33N3O. The van der Waals surface area contributed by atoms with Crippen LogP contribution in [0, 0.1) is 0 Å². The van der Waals surface area contributed by atoms with Crippen LogP contribution < -0.4 is 15.5 Å². The number of hydrogen-bond donors (Lipinski definition) is 0. The standard InChI is InChI=1S/C17H21N3O.2C2H6/c1-3-9-20(4-2)17-10-14(16-11-18-12-21-16)13-7-5-6-8-15(13)19-17;2*1-2/h7-8,10-12H,3-6,9H2,1-2H3;2*1-2H3. The van der Waals surface area contributed by atoms with Crippen LogP contribution in [0.25, 0.3) is 23.5 Å². The number of aromatic nitrogens is 2. The largest absolute Gasteiger partial charge is 0.443 e. The molecule has 0 amide bonds. The van der Waals surface area contributed by atoms with E-state index in [4.69, 9.17) is 9.40 Å². The minimum Gasteiger partial charge on any atom is -0.443 e. The molecule has 0 radical (unpaired) electrons. The maximum Gasteiger partial charge on any atom is 0.181 e. The van der Waals surface area contributed by atoms with Crippen LogP contribution in [0.2, 0.25) is 0 Å². The molecule has 0 saturated carbocycles. The molecule has 2 aromatic rings. The lowest BCUT2D eigenvalue weighted by Crippen LogP contribution is -2.35. The molecule has 0 atom stereocenters. The molecule has 4 heteroatoms. The lowest BCUT2D eigenvalue weighted by atomic mass is 10.1. The zero-order valence-corrected chi connectivity index (χ0v) is 16.7. The second kappa shape index (κ2) is 11.5. The fourth-order valence-electron chi connectivity index (χ4n) is 2.80. The van der Waals surface area contributed by atoms with Crippen molar-refractivity contribution in [1.29, 1.82) is 0 Å². The SMILES string of the molecule is CC.CC.CCCN(CC)c1cc(-c2cnco2)c2c(n1)=CCCC=2. The summed E-state index contributed by atoms with van der Waals surface area (Å²) >= 11 is 0. The maximum absolute atomic E-state index is 5.52. The molecular weight excluding hydrogens is 310 g/mol. The van der Waals surface area contributed by atoms with Crippen molar-refractivity contribution in [3.63, 3.8) is 0 Å². The molecule has 0 saturated heterocycles. The summed E-state index contributed by atoms with van der Waals surface area (Å²) in [5.41, 5.74) is 1.10. The number of nitrogens with zero attached hydrogens (tertiary/aromatic N) is 3. The molecule has 0 N–H and O–H groups in total. The molecule has 2 aromatic heterocycles. The fourth-order valence-corrected chi connectivity index (χ4v) is 2.80. The van der Waals surface area contributed by atoms with E-state index < -0.39 is 0 Å². The smallest absolute Gasteiger partial charge is 0.181 e. The first kappa shape index (κ1) is 20.9. The van der Waals surface area contributed by atoms with Gasteiger partial charge in [-0.15, -0.1) is 0 Å². The molecule has 1 aliphatic carbocycles. The van der Waals surface area contributed by atoms with Gasteiger partial charge in [-0.3, -0.25) is 0 Å². The van der Waals surface area contributed by atoms with Crippen LogP contribution in [0.4, 0.5) is 5.82 Å². The molecule has 0 aromatic carbocycles. The predicted molar refractivity (Wildman–Crippen MR) is 108 cm³/mol. The van der Waals surface area contributed by atoms with Gasteiger partial charge in [0.05, 0.1) is 11.5 Å². The fraction of sp³-hybridized carbons (Fsp3) is 0.524. The maximum atomic E-state index is 5.52. The minimum atomic E-state index is 0.814. The first-order valence-corrected chi connectivity index (χ1v) is 9.68. The van der Waals surface area contributed by atoms with Crippen molar-refractivity contribution >= 4 is 18.0 Å². The van der Waals surface area contributed by atoms with E-state index >= 15 is 0 Å². The molecule has 0 aliphatic heterocycles. The Balaban J connectivity index is 0.000000730. The average molecular weight is 344 g/mol. The highest BCUT2D eigenvalue weighted by molar-refractivity contribution is 5.65. The summed E-state index contributed by atoms with van der Waals surface area (Å²) in [6, 6.07) is 2.13. The van der Waals surface area contributed by atoms with E-state index in [2.05, 4.69) is 41.9 Å². The van der Waals surface area contributed by atoms with Gasteiger partial charge in [-0.05, 0) is 32.3 Å². The lowest BCUT2D eigenvalue weighted by Gasteiger charge is -2.22. The van der Waals surface area contributed by atoms with Gasteiger partial charge in [0.2, 0.25) is 0 Å². The average Bonchev–Trinajstić information content (AvgIpc) is 3.23. The Hall–Kier alpha value is -2.10. The number of oxazole rings is 1. The third-order valence-corrected chi connectivity index (χ3v) is 3.82. The van der Waals surface area contributed by atoms with Crippen LogP contribution in [-0.2, 0) is 0 Å². The topological polar surface area (TPSA) is 42.2 Å². The number of anilines is 1. The Morgan fingerprint density at radius 1 is 1.08 bits per heavy atom. The van der Waals surface area contributed by atoms with Gasteiger partial charge >= 0.3 is 0 Å². The van der Waals surface area contributed by atoms with Crippen LogP contribution in [0.1, 0.15) is 60.8 Å². The Bertz CT molecular complexity index is 720. The molecule has 1 aliphatic rings. The molecule has 3 rings (SSSR count). The van der Waals surface area contributed by atoms with Crippen molar-refractivity contribution in [3.8, 4) is 11.3 Å². The van der Waals surface area contributed by atoms with Crippen LogP contribution in [-0.4, -0.2) is 23.1 Å².